The van der Waals surface area contributed by atoms with Crippen molar-refractivity contribution in [3.8, 4) is 0 Å². The van der Waals surface area contributed by atoms with Gasteiger partial charge in [0.1, 0.15) is 0 Å². The lowest BCUT2D eigenvalue weighted by Gasteiger charge is -2.43. The molecule has 0 amide bonds. The van der Waals surface area contributed by atoms with Crippen molar-refractivity contribution in [2.24, 2.45) is 0 Å². The third kappa shape index (κ3) is 4.93. The van der Waals surface area contributed by atoms with Crippen LogP contribution in [0.2, 0.25) is 0 Å². The lowest BCUT2D eigenvalue weighted by molar-refractivity contribution is -0.462. The van der Waals surface area contributed by atoms with Crippen molar-refractivity contribution in [2.75, 3.05) is 0 Å². The number of rotatable bonds is 11. The zero-order chi connectivity index (χ0) is 29.7. The van der Waals surface area contributed by atoms with Crippen molar-refractivity contribution in [3.63, 3.8) is 0 Å². The Bertz CT molecular complexity index is 935. The molecule has 18 heteroatoms. The van der Waals surface area contributed by atoms with Crippen molar-refractivity contribution in [1.29, 1.82) is 0 Å². The molecule has 1 atom stereocenters. The van der Waals surface area contributed by atoms with E-state index in [1.807, 2.05) is 0 Å². The van der Waals surface area contributed by atoms with E-state index in [1.54, 1.807) is 0 Å². The third-order valence-corrected chi connectivity index (χ3v) is 5.17. The summed E-state index contributed by atoms with van der Waals surface area (Å²) in [6, 6.07) is 4.23. The van der Waals surface area contributed by atoms with Crippen LogP contribution in [-0.4, -0.2) is 52.7 Å². The second kappa shape index (κ2) is 9.63. The molecule has 0 aliphatic carbocycles. The normalized spacial score (nSPS) is 16.2. The van der Waals surface area contributed by atoms with E-state index < -0.39 is 65.7 Å². The van der Waals surface area contributed by atoms with Crippen molar-refractivity contribution in [1.82, 2.24) is 0 Å². The summed E-state index contributed by atoms with van der Waals surface area (Å²) >= 11 is 0. The summed E-state index contributed by atoms with van der Waals surface area (Å²) in [5.74, 6) is -56.9. The smallest absolute Gasteiger partial charge is 0.388 e. The van der Waals surface area contributed by atoms with Gasteiger partial charge in [-0.2, -0.15) is 74.6 Å². The van der Waals surface area contributed by atoms with Crippen molar-refractivity contribution in [2.45, 2.75) is 79.9 Å². The minimum atomic E-state index is -8.67. The van der Waals surface area contributed by atoms with E-state index in [9.17, 15) is 79.7 Å². The Hall–Kier alpha value is -2.01. The average Bonchev–Trinajstić information content (AvgIpc) is 2.72. The maximum Gasteiger partial charge on any atom is 0.460 e. The standard InChI is InChI=1S/C19H15F17O/c1-2-5-9-6-3-4-7-10(9)11(37)8-12(20,21)13(22,23)14(24,25)15(26,27)16(28,29)17(30,31)18(32,33)19(34,35)36/h3-4,6-7,11,37H,2,5,8H2,1H3. The molecule has 1 N–H and O–H groups in total. The average molecular weight is 582 g/mol. The number of halogens is 17. The fraction of sp³-hybridized carbons (Fsp3) is 0.684. The molecule has 0 aliphatic rings. The highest BCUT2D eigenvalue weighted by atomic mass is 19.4. The predicted octanol–water partition coefficient (Wildman–Crippen LogP) is 8.07. The first-order chi connectivity index (χ1) is 16.2. The minimum absolute atomic E-state index is 0.0296. The van der Waals surface area contributed by atoms with E-state index in [0.717, 1.165) is 18.2 Å². The van der Waals surface area contributed by atoms with E-state index in [2.05, 4.69) is 0 Å². The van der Waals surface area contributed by atoms with Gasteiger partial charge in [0.25, 0.3) is 0 Å². The van der Waals surface area contributed by atoms with Crippen LogP contribution >= 0.6 is 0 Å². The van der Waals surface area contributed by atoms with Crippen LogP contribution in [0, 0.1) is 0 Å². The summed E-state index contributed by atoms with van der Waals surface area (Å²) in [7, 11) is 0. The number of hydrogen-bond donors (Lipinski definition) is 1. The van der Waals surface area contributed by atoms with E-state index >= 15 is 0 Å². The molecule has 1 aromatic rings. The van der Waals surface area contributed by atoms with Crippen molar-refractivity contribution < 1.29 is 79.7 Å². The van der Waals surface area contributed by atoms with Gasteiger partial charge < -0.3 is 5.11 Å². The van der Waals surface area contributed by atoms with E-state index in [1.165, 1.54) is 13.0 Å². The molecule has 0 spiro atoms. The van der Waals surface area contributed by atoms with Crippen molar-refractivity contribution >= 4 is 0 Å². The quantitative estimate of drug-likeness (QED) is 0.262. The summed E-state index contributed by atoms with van der Waals surface area (Å²) in [5, 5.41) is 9.84. The lowest BCUT2D eigenvalue weighted by Crippen LogP contribution is -2.74. The molecule has 0 saturated heterocycles. The van der Waals surface area contributed by atoms with Gasteiger partial charge in [0.2, 0.25) is 0 Å². The van der Waals surface area contributed by atoms with Gasteiger partial charge in [-0.1, -0.05) is 37.6 Å². The van der Waals surface area contributed by atoms with Gasteiger partial charge in [0, 0.05) is 6.42 Å². The number of aryl methyl sites for hydroxylation is 1. The summed E-state index contributed by atoms with van der Waals surface area (Å²) in [5.41, 5.74) is -0.661. The molecule has 1 aromatic carbocycles. The molecule has 1 rings (SSSR count). The summed E-state index contributed by atoms with van der Waals surface area (Å²) in [4.78, 5) is 0. The number of alkyl halides is 17. The summed E-state index contributed by atoms with van der Waals surface area (Å²) < 4.78 is 226. The molecule has 0 saturated carbocycles. The Morgan fingerprint density at radius 1 is 0.595 bits per heavy atom. The molecule has 0 fully saturated rings. The molecule has 0 aromatic heterocycles. The first-order valence-electron chi connectivity index (χ1n) is 9.66. The van der Waals surface area contributed by atoms with Gasteiger partial charge >= 0.3 is 47.6 Å². The van der Waals surface area contributed by atoms with Crippen LogP contribution in [0.25, 0.3) is 0 Å². The highest BCUT2D eigenvalue weighted by molar-refractivity contribution is 5.29. The number of aliphatic hydroxyl groups is 1. The third-order valence-electron chi connectivity index (χ3n) is 5.17. The van der Waals surface area contributed by atoms with Crippen LogP contribution in [0.1, 0.15) is 37.0 Å². The Kier molecular flexibility index (Phi) is 8.59. The van der Waals surface area contributed by atoms with Crippen LogP contribution < -0.4 is 0 Å². The Morgan fingerprint density at radius 3 is 1.38 bits per heavy atom. The van der Waals surface area contributed by atoms with Crippen LogP contribution in [0.5, 0.6) is 0 Å². The zero-order valence-electron chi connectivity index (χ0n) is 17.9. The van der Waals surface area contributed by atoms with Gasteiger partial charge in [0.15, 0.2) is 0 Å². The maximum absolute atomic E-state index is 14.1. The van der Waals surface area contributed by atoms with Gasteiger partial charge in [-0.15, -0.1) is 0 Å². The Labute approximate surface area is 196 Å². The van der Waals surface area contributed by atoms with Crippen LogP contribution in [0.4, 0.5) is 74.6 Å². The van der Waals surface area contributed by atoms with Gasteiger partial charge in [-0.25, -0.2) is 0 Å². The van der Waals surface area contributed by atoms with E-state index in [-0.39, 0.29) is 18.4 Å². The van der Waals surface area contributed by atoms with Gasteiger partial charge in [-0.05, 0) is 17.5 Å². The largest absolute Gasteiger partial charge is 0.460 e. The molecule has 37 heavy (non-hydrogen) atoms. The molecule has 0 radical (unpaired) electrons. The molecule has 0 heterocycles. The second-order valence-electron chi connectivity index (χ2n) is 7.82. The monoisotopic (exact) mass is 582 g/mol. The lowest BCUT2D eigenvalue weighted by atomic mass is 9.86. The maximum atomic E-state index is 14.1. The van der Waals surface area contributed by atoms with Gasteiger partial charge in [-0.3, -0.25) is 0 Å². The van der Waals surface area contributed by atoms with Crippen LogP contribution in [-0.2, 0) is 6.42 Å². The topological polar surface area (TPSA) is 20.2 Å². The first kappa shape index (κ1) is 33.0. The Morgan fingerprint density at radius 2 is 0.973 bits per heavy atom. The van der Waals surface area contributed by atoms with Crippen molar-refractivity contribution in [3.05, 3.63) is 35.4 Å². The number of aliphatic hydroxyl groups excluding tert-OH is 1. The Balaban J connectivity index is 3.55. The number of benzene rings is 1. The van der Waals surface area contributed by atoms with Gasteiger partial charge in [0.05, 0.1) is 6.10 Å². The predicted molar refractivity (Wildman–Crippen MR) is 90.7 cm³/mol. The summed E-state index contributed by atoms with van der Waals surface area (Å²) in [6.45, 7) is 1.51. The molecule has 216 valence electrons. The van der Waals surface area contributed by atoms with E-state index in [4.69, 9.17) is 0 Å². The highest BCUT2D eigenvalue weighted by Gasteiger charge is 2.95. The zero-order valence-corrected chi connectivity index (χ0v) is 17.9. The minimum Gasteiger partial charge on any atom is -0.388 e. The fourth-order valence-electron chi connectivity index (χ4n) is 3.03. The number of hydrogen-bond acceptors (Lipinski definition) is 1. The molecular formula is C19H15F17O. The fourth-order valence-corrected chi connectivity index (χ4v) is 3.03. The first-order valence-corrected chi connectivity index (χ1v) is 9.66. The molecule has 0 bridgehead atoms. The van der Waals surface area contributed by atoms with E-state index in [0.29, 0.717) is 0 Å². The van der Waals surface area contributed by atoms with Crippen LogP contribution in [0.3, 0.4) is 0 Å². The highest BCUT2D eigenvalue weighted by Crippen LogP contribution is 2.64. The SMILES string of the molecule is CCCc1ccccc1C(O)CC(F)(F)C(F)(F)C(F)(F)C(F)(F)C(F)(F)C(F)(F)C(F)(F)C(F)(F)F. The summed E-state index contributed by atoms with van der Waals surface area (Å²) in [6.07, 6.45) is -13.4. The molecular weight excluding hydrogens is 567 g/mol. The molecule has 0 aliphatic heterocycles. The molecule has 1 nitrogen and oxygen atoms in total. The second-order valence-corrected chi connectivity index (χ2v) is 7.82. The molecule has 1 unspecified atom stereocenters. The van der Waals surface area contributed by atoms with Crippen LogP contribution in [0.15, 0.2) is 24.3 Å².